The molecule has 0 spiro atoms. The first-order valence-corrected chi connectivity index (χ1v) is 6.72. The summed E-state index contributed by atoms with van der Waals surface area (Å²) in [5, 5.41) is 3.37. The fourth-order valence-corrected chi connectivity index (χ4v) is 2.27. The zero-order chi connectivity index (χ0) is 11.4. The van der Waals surface area contributed by atoms with Crippen LogP contribution in [0, 0.1) is 0 Å². The Morgan fingerprint density at radius 3 is 3.00 bits per heavy atom. The van der Waals surface area contributed by atoms with Crippen molar-refractivity contribution in [3.05, 3.63) is 27.1 Å². The van der Waals surface area contributed by atoms with Crippen LogP contribution in [0.4, 0.5) is 5.69 Å². The second-order valence-corrected chi connectivity index (χ2v) is 5.38. The van der Waals surface area contributed by atoms with Gasteiger partial charge in [0, 0.05) is 21.2 Å². The van der Waals surface area contributed by atoms with Gasteiger partial charge in [-0.25, -0.2) is 0 Å². The lowest BCUT2D eigenvalue weighted by atomic mass is 10.2. The number of anilines is 1. The van der Waals surface area contributed by atoms with Crippen molar-refractivity contribution in [1.82, 2.24) is 0 Å². The normalized spacial score (nSPS) is 20.8. The van der Waals surface area contributed by atoms with Gasteiger partial charge in [0.1, 0.15) is 6.79 Å². The summed E-state index contributed by atoms with van der Waals surface area (Å²) < 4.78 is 12.7. The quantitative estimate of drug-likeness (QED) is 0.906. The summed E-state index contributed by atoms with van der Waals surface area (Å²) in [5.41, 5.74) is 1.07. The van der Waals surface area contributed by atoms with Gasteiger partial charge in [-0.05, 0) is 40.5 Å². The minimum absolute atomic E-state index is 0.236. The largest absolute Gasteiger partial charge is 0.381 e. The van der Waals surface area contributed by atoms with Crippen LogP contribution in [-0.2, 0) is 9.47 Å². The molecule has 1 aromatic rings. The molecule has 0 bridgehead atoms. The fourth-order valence-electron chi connectivity index (χ4n) is 1.52. The number of hydrogen-bond donors (Lipinski definition) is 1. The van der Waals surface area contributed by atoms with E-state index in [4.69, 9.17) is 9.47 Å². The molecule has 0 saturated carbocycles. The van der Waals surface area contributed by atoms with Crippen molar-refractivity contribution in [2.24, 2.45) is 0 Å². The molecule has 0 radical (unpaired) electrons. The molecule has 1 aromatic carbocycles. The second kappa shape index (κ2) is 6.00. The van der Waals surface area contributed by atoms with Crippen LogP contribution in [0.25, 0.3) is 0 Å². The molecule has 5 heteroatoms. The first-order chi connectivity index (χ1) is 7.75. The molecule has 16 heavy (non-hydrogen) atoms. The van der Waals surface area contributed by atoms with E-state index < -0.39 is 0 Å². The van der Waals surface area contributed by atoms with E-state index in [-0.39, 0.29) is 6.10 Å². The summed E-state index contributed by atoms with van der Waals surface area (Å²) >= 11 is 6.96. The maximum Gasteiger partial charge on any atom is 0.147 e. The Labute approximate surface area is 112 Å². The van der Waals surface area contributed by atoms with E-state index >= 15 is 0 Å². The lowest BCUT2D eigenvalue weighted by Gasteiger charge is -2.23. The van der Waals surface area contributed by atoms with Gasteiger partial charge in [-0.3, -0.25) is 0 Å². The molecule has 1 heterocycles. The minimum Gasteiger partial charge on any atom is -0.381 e. The smallest absolute Gasteiger partial charge is 0.147 e. The summed E-state index contributed by atoms with van der Waals surface area (Å²) in [5.74, 6) is 0. The van der Waals surface area contributed by atoms with Crippen LogP contribution in [0.1, 0.15) is 6.42 Å². The predicted octanol–water partition coefficient (Wildman–Crippen LogP) is 3.39. The Balaban J connectivity index is 1.90. The fraction of sp³-hybridized carbons (Fsp3) is 0.455. The van der Waals surface area contributed by atoms with E-state index in [0.717, 1.165) is 34.2 Å². The Hall–Kier alpha value is -0.100. The number of nitrogens with one attached hydrogen (secondary N) is 1. The van der Waals surface area contributed by atoms with Crippen molar-refractivity contribution >= 4 is 37.5 Å². The van der Waals surface area contributed by atoms with Crippen LogP contribution < -0.4 is 5.32 Å². The van der Waals surface area contributed by atoms with E-state index in [1.807, 2.05) is 18.2 Å². The van der Waals surface area contributed by atoms with E-state index in [1.54, 1.807) is 0 Å². The Morgan fingerprint density at radius 2 is 2.25 bits per heavy atom. The number of rotatable bonds is 3. The van der Waals surface area contributed by atoms with Crippen molar-refractivity contribution in [2.75, 3.05) is 25.3 Å². The zero-order valence-corrected chi connectivity index (χ0v) is 11.9. The predicted molar refractivity (Wildman–Crippen MR) is 70.6 cm³/mol. The maximum absolute atomic E-state index is 5.46. The monoisotopic (exact) mass is 349 g/mol. The molecule has 0 amide bonds. The molecule has 1 aliphatic rings. The van der Waals surface area contributed by atoms with Crippen molar-refractivity contribution in [1.29, 1.82) is 0 Å². The van der Waals surface area contributed by atoms with E-state index in [2.05, 4.69) is 37.2 Å². The molecule has 1 fully saturated rings. The molecule has 88 valence electrons. The van der Waals surface area contributed by atoms with Crippen LogP contribution in [0.5, 0.6) is 0 Å². The second-order valence-electron chi connectivity index (χ2n) is 3.61. The summed E-state index contributed by atoms with van der Waals surface area (Å²) in [6.45, 7) is 2.00. The third-order valence-electron chi connectivity index (χ3n) is 2.42. The number of hydrogen-bond acceptors (Lipinski definition) is 3. The van der Waals surface area contributed by atoms with Gasteiger partial charge >= 0.3 is 0 Å². The van der Waals surface area contributed by atoms with Crippen molar-refractivity contribution < 1.29 is 9.47 Å². The summed E-state index contributed by atoms with van der Waals surface area (Å²) in [6, 6.07) is 6.06. The van der Waals surface area contributed by atoms with Gasteiger partial charge in [0.2, 0.25) is 0 Å². The molecule has 1 unspecified atom stereocenters. The molecule has 1 saturated heterocycles. The third kappa shape index (κ3) is 3.45. The first kappa shape index (κ1) is 12.4. The Kier molecular flexibility index (Phi) is 4.64. The molecule has 3 nitrogen and oxygen atoms in total. The molecule has 0 aliphatic carbocycles. The lowest BCUT2D eigenvalue weighted by Crippen LogP contribution is -2.30. The summed E-state index contributed by atoms with van der Waals surface area (Å²) in [7, 11) is 0. The Morgan fingerprint density at radius 1 is 1.38 bits per heavy atom. The molecular weight excluding hydrogens is 338 g/mol. The average molecular weight is 351 g/mol. The first-order valence-electron chi connectivity index (χ1n) is 5.14. The highest BCUT2D eigenvalue weighted by Gasteiger charge is 2.14. The van der Waals surface area contributed by atoms with Gasteiger partial charge in [0.25, 0.3) is 0 Å². The van der Waals surface area contributed by atoms with Gasteiger partial charge in [0.15, 0.2) is 0 Å². The van der Waals surface area contributed by atoms with Crippen LogP contribution in [0.15, 0.2) is 27.1 Å². The van der Waals surface area contributed by atoms with Crippen molar-refractivity contribution in [2.45, 2.75) is 12.5 Å². The highest BCUT2D eigenvalue weighted by molar-refractivity contribution is 9.11. The number of halogens is 2. The highest BCUT2D eigenvalue weighted by atomic mass is 79.9. The van der Waals surface area contributed by atoms with Crippen molar-refractivity contribution in [3.63, 3.8) is 0 Å². The van der Waals surface area contributed by atoms with Crippen LogP contribution in [-0.4, -0.2) is 26.0 Å². The number of ether oxygens (including phenoxy) is 2. The van der Waals surface area contributed by atoms with Gasteiger partial charge in [0.05, 0.1) is 12.7 Å². The van der Waals surface area contributed by atoms with E-state index in [9.17, 15) is 0 Å². The molecule has 0 aromatic heterocycles. The van der Waals surface area contributed by atoms with Gasteiger partial charge < -0.3 is 14.8 Å². The average Bonchev–Trinajstić information content (AvgIpc) is 2.32. The highest BCUT2D eigenvalue weighted by Crippen LogP contribution is 2.26. The molecular formula is C11H13Br2NO2. The van der Waals surface area contributed by atoms with Crippen LogP contribution in [0.2, 0.25) is 0 Å². The standard InChI is InChI=1S/C11H13Br2NO2/c12-8-1-2-10(13)11(5-8)14-6-9-3-4-15-7-16-9/h1-2,5,9,14H,3-4,6-7H2. The van der Waals surface area contributed by atoms with Crippen molar-refractivity contribution in [3.8, 4) is 0 Å². The van der Waals surface area contributed by atoms with E-state index in [0.29, 0.717) is 6.79 Å². The summed E-state index contributed by atoms with van der Waals surface area (Å²) in [4.78, 5) is 0. The van der Waals surface area contributed by atoms with Crippen LogP contribution >= 0.6 is 31.9 Å². The minimum atomic E-state index is 0.236. The van der Waals surface area contributed by atoms with Gasteiger partial charge in [-0.2, -0.15) is 0 Å². The molecule has 1 atom stereocenters. The topological polar surface area (TPSA) is 30.5 Å². The third-order valence-corrected chi connectivity index (χ3v) is 3.60. The number of benzene rings is 1. The summed E-state index contributed by atoms with van der Waals surface area (Å²) in [6.07, 6.45) is 1.18. The lowest BCUT2D eigenvalue weighted by molar-refractivity contribution is -0.133. The SMILES string of the molecule is Brc1ccc(Br)c(NCC2CCOCO2)c1. The Bertz CT molecular complexity index is 354. The van der Waals surface area contributed by atoms with Gasteiger partial charge in [-0.1, -0.05) is 15.9 Å². The van der Waals surface area contributed by atoms with Gasteiger partial charge in [-0.15, -0.1) is 0 Å². The molecule has 2 rings (SSSR count). The van der Waals surface area contributed by atoms with E-state index in [1.165, 1.54) is 0 Å². The molecule has 1 N–H and O–H groups in total. The van der Waals surface area contributed by atoms with Crippen LogP contribution in [0.3, 0.4) is 0 Å². The zero-order valence-electron chi connectivity index (χ0n) is 8.71. The maximum atomic E-state index is 5.46. The molecule has 1 aliphatic heterocycles.